The summed E-state index contributed by atoms with van der Waals surface area (Å²) in [6.07, 6.45) is 0. The fraction of sp³-hybridized carbons (Fsp3) is 0.200. The summed E-state index contributed by atoms with van der Waals surface area (Å²) < 4.78 is 6.91. The zero-order valence-electron chi connectivity index (χ0n) is 9.82. The molecule has 0 radical (unpaired) electrons. The van der Waals surface area contributed by atoms with E-state index in [0.29, 0.717) is 5.88 Å². The molecule has 0 aliphatic heterocycles. The van der Waals surface area contributed by atoms with Gasteiger partial charge in [-0.3, -0.25) is 10.1 Å². The number of nitrogens with two attached hydrogens (primary N) is 1. The second kappa shape index (κ2) is 4.32. The van der Waals surface area contributed by atoms with Crippen molar-refractivity contribution in [2.24, 2.45) is 7.05 Å². The Morgan fingerprint density at radius 3 is 2.72 bits per heavy atom. The van der Waals surface area contributed by atoms with E-state index in [-0.39, 0.29) is 17.4 Å². The first-order valence-corrected chi connectivity index (χ1v) is 5.06. The van der Waals surface area contributed by atoms with Gasteiger partial charge >= 0.3 is 0 Å². The molecule has 0 amide bonds. The van der Waals surface area contributed by atoms with Gasteiger partial charge in [0, 0.05) is 13.1 Å². The number of nitrogen functional groups attached to an aromatic ring is 1. The van der Waals surface area contributed by atoms with E-state index in [2.05, 4.69) is 10.1 Å². The number of rotatable bonds is 3. The first-order valence-electron chi connectivity index (χ1n) is 5.06. The number of ether oxygens (including phenoxy) is 1. The van der Waals surface area contributed by atoms with Crippen LogP contribution in [0.2, 0.25) is 0 Å². The smallest absolute Gasteiger partial charge is 0.278 e. The zero-order valence-corrected chi connectivity index (χ0v) is 9.82. The van der Waals surface area contributed by atoms with Crippen LogP contribution in [0.15, 0.2) is 18.2 Å². The predicted molar refractivity (Wildman–Crippen MR) is 63.3 cm³/mol. The molecule has 0 bridgehead atoms. The van der Waals surface area contributed by atoms with Gasteiger partial charge in [-0.2, -0.15) is 10.1 Å². The summed E-state index contributed by atoms with van der Waals surface area (Å²) >= 11 is 0. The Labute approximate surface area is 102 Å². The number of nitro groups is 1. The minimum Gasteiger partial charge on any atom is -0.421 e. The van der Waals surface area contributed by atoms with Crippen LogP contribution in [-0.4, -0.2) is 19.7 Å². The molecule has 0 atom stereocenters. The number of aryl methyl sites for hydroxylation is 2. The van der Waals surface area contributed by atoms with Crippen molar-refractivity contribution in [3.05, 3.63) is 34.0 Å². The molecule has 2 rings (SSSR count). The lowest BCUT2D eigenvalue weighted by molar-refractivity contribution is -0.384. The van der Waals surface area contributed by atoms with Gasteiger partial charge < -0.3 is 10.5 Å². The molecule has 0 spiro atoms. The molecule has 2 aromatic heterocycles. The maximum absolute atomic E-state index is 10.7. The average Bonchev–Trinajstić information content (AvgIpc) is 2.56. The SMILES string of the molecule is Cc1cc(Oc2cc([N+](=O)[O-])cc(N)n2)n(C)n1. The maximum atomic E-state index is 10.7. The minimum atomic E-state index is -0.556. The molecular formula is C10H11N5O3. The lowest BCUT2D eigenvalue weighted by Gasteiger charge is -2.04. The predicted octanol–water partition coefficient (Wildman–Crippen LogP) is 1.41. The standard InChI is InChI=1S/C10H11N5O3/c1-6-3-10(14(2)13-6)18-9-5-7(15(16)17)4-8(11)12-9/h3-5H,1-2H3,(H2,11,12). The van der Waals surface area contributed by atoms with E-state index in [1.165, 1.54) is 16.8 Å². The first kappa shape index (κ1) is 11.8. The Bertz CT molecular complexity index is 608. The van der Waals surface area contributed by atoms with Gasteiger partial charge in [0.2, 0.25) is 11.8 Å². The summed E-state index contributed by atoms with van der Waals surface area (Å²) in [6, 6.07) is 4.07. The molecule has 0 aromatic carbocycles. The largest absolute Gasteiger partial charge is 0.421 e. The lowest BCUT2D eigenvalue weighted by atomic mass is 10.4. The monoisotopic (exact) mass is 249 g/mol. The molecule has 0 unspecified atom stereocenters. The molecule has 8 heteroatoms. The zero-order chi connectivity index (χ0) is 13.3. The van der Waals surface area contributed by atoms with Crippen LogP contribution in [0.25, 0.3) is 0 Å². The molecular weight excluding hydrogens is 238 g/mol. The quantitative estimate of drug-likeness (QED) is 0.650. The molecule has 0 aliphatic rings. The van der Waals surface area contributed by atoms with Crippen molar-refractivity contribution < 1.29 is 9.66 Å². The van der Waals surface area contributed by atoms with E-state index in [0.717, 1.165) is 5.69 Å². The van der Waals surface area contributed by atoms with Crippen LogP contribution in [-0.2, 0) is 7.05 Å². The van der Waals surface area contributed by atoms with Crippen LogP contribution in [0.3, 0.4) is 0 Å². The molecule has 0 aliphatic carbocycles. The molecule has 2 aromatic rings. The molecule has 2 heterocycles. The van der Waals surface area contributed by atoms with Crippen LogP contribution < -0.4 is 10.5 Å². The van der Waals surface area contributed by atoms with E-state index >= 15 is 0 Å². The molecule has 0 fully saturated rings. The third-order valence-corrected chi connectivity index (χ3v) is 2.19. The van der Waals surface area contributed by atoms with Crippen LogP contribution in [0.4, 0.5) is 11.5 Å². The third-order valence-electron chi connectivity index (χ3n) is 2.19. The first-order chi connectivity index (χ1) is 8.45. The lowest BCUT2D eigenvalue weighted by Crippen LogP contribution is -2.00. The second-order valence-corrected chi connectivity index (χ2v) is 3.70. The summed E-state index contributed by atoms with van der Waals surface area (Å²) in [6.45, 7) is 1.81. The Hall–Kier alpha value is -2.64. The van der Waals surface area contributed by atoms with Crippen LogP contribution >= 0.6 is 0 Å². The number of hydrogen-bond acceptors (Lipinski definition) is 6. The van der Waals surface area contributed by atoms with Crippen molar-refractivity contribution in [2.45, 2.75) is 6.92 Å². The van der Waals surface area contributed by atoms with E-state index < -0.39 is 4.92 Å². The summed E-state index contributed by atoms with van der Waals surface area (Å²) in [7, 11) is 1.70. The highest BCUT2D eigenvalue weighted by Gasteiger charge is 2.13. The summed E-state index contributed by atoms with van der Waals surface area (Å²) in [5.74, 6) is 0.516. The van der Waals surface area contributed by atoms with Gasteiger partial charge in [-0.15, -0.1) is 0 Å². The van der Waals surface area contributed by atoms with Gasteiger partial charge in [-0.1, -0.05) is 0 Å². The normalized spacial score (nSPS) is 10.3. The fourth-order valence-corrected chi connectivity index (χ4v) is 1.46. The molecule has 2 N–H and O–H groups in total. The Balaban J connectivity index is 2.34. The fourth-order valence-electron chi connectivity index (χ4n) is 1.46. The Morgan fingerprint density at radius 1 is 1.44 bits per heavy atom. The van der Waals surface area contributed by atoms with Crippen LogP contribution in [0.1, 0.15) is 5.69 Å². The number of hydrogen-bond donors (Lipinski definition) is 1. The molecule has 94 valence electrons. The molecule has 8 nitrogen and oxygen atoms in total. The van der Waals surface area contributed by atoms with Gasteiger partial charge in [0.1, 0.15) is 5.82 Å². The van der Waals surface area contributed by atoms with Crippen LogP contribution in [0.5, 0.6) is 11.8 Å². The molecule has 0 saturated heterocycles. The Kier molecular flexibility index (Phi) is 2.84. The van der Waals surface area contributed by atoms with Crippen molar-refractivity contribution >= 4 is 11.5 Å². The summed E-state index contributed by atoms with van der Waals surface area (Å²) in [4.78, 5) is 14.0. The van der Waals surface area contributed by atoms with E-state index in [4.69, 9.17) is 10.5 Å². The van der Waals surface area contributed by atoms with Crippen molar-refractivity contribution in [3.63, 3.8) is 0 Å². The van der Waals surface area contributed by atoms with E-state index in [9.17, 15) is 10.1 Å². The van der Waals surface area contributed by atoms with Crippen molar-refractivity contribution in [2.75, 3.05) is 5.73 Å². The second-order valence-electron chi connectivity index (χ2n) is 3.70. The average molecular weight is 249 g/mol. The van der Waals surface area contributed by atoms with Crippen molar-refractivity contribution in [3.8, 4) is 11.8 Å². The summed E-state index contributed by atoms with van der Waals surface area (Å²) in [5.41, 5.74) is 6.08. The van der Waals surface area contributed by atoms with E-state index in [1.807, 2.05) is 6.92 Å². The van der Waals surface area contributed by atoms with Crippen molar-refractivity contribution in [1.82, 2.24) is 14.8 Å². The third kappa shape index (κ3) is 2.37. The van der Waals surface area contributed by atoms with Crippen molar-refractivity contribution in [1.29, 1.82) is 0 Å². The van der Waals surface area contributed by atoms with Gasteiger partial charge in [0.25, 0.3) is 5.69 Å². The number of anilines is 1. The highest BCUT2D eigenvalue weighted by Crippen LogP contribution is 2.25. The van der Waals surface area contributed by atoms with Gasteiger partial charge in [0.15, 0.2) is 0 Å². The highest BCUT2D eigenvalue weighted by molar-refractivity contribution is 5.45. The minimum absolute atomic E-state index is 0.0260. The highest BCUT2D eigenvalue weighted by atomic mass is 16.6. The Morgan fingerprint density at radius 2 is 2.17 bits per heavy atom. The topological polar surface area (TPSA) is 109 Å². The van der Waals surface area contributed by atoms with Gasteiger partial charge in [-0.05, 0) is 6.92 Å². The number of pyridine rings is 1. The number of nitrogens with zero attached hydrogens (tertiary/aromatic N) is 4. The molecule has 0 saturated carbocycles. The summed E-state index contributed by atoms with van der Waals surface area (Å²) in [5, 5.41) is 14.8. The van der Waals surface area contributed by atoms with E-state index in [1.54, 1.807) is 13.1 Å². The number of aromatic nitrogens is 3. The maximum Gasteiger partial charge on any atom is 0.278 e. The van der Waals surface area contributed by atoms with Crippen LogP contribution in [0, 0.1) is 17.0 Å². The van der Waals surface area contributed by atoms with Gasteiger partial charge in [0.05, 0.1) is 22.7 Å². The molecule has 18 heavy (non-hydrogen) atoms. The van der Waals surface area contributed by atoms with Gasteiger partial charge in [-0.25, -0.2) is 4.68 Å².